The Morgan fingerprint density at radius 1 is 1.38 bits per heavy atom. The summed E-state index contributed by atoms with van der Waals surface area (Å²) in [7, 11) is 0. The first-order valence-electron chi connectivity index (χ1n) is 6.73. The molecule has 0 amide bonds. The molecule has 0 bridgehead atoms. The third kappa shape index (κ3) is 1.92. The molecule has 3 aromatic rings. The van der Waals surface area contributed by atoms with E-state index in [4.69, 9.17) is 5.11 Å². The third-order valence-corrected chi connectivity index (χ3v) is 4.71. The van der Waals surface area contributed by atoms with Gasteiger partial charge >= 0.3 is 5.97 Å². The van der Waals surface area contributed by atoms with Crippen molar-refractivity contribution in [3.8, 4) is 10.7 Å². The molecule has 0 spiro atoms. The molecule has 0 aromatic carbocycles. The van der Waals surface area contributed by atoms with E-state index < -0.39 is 5.97 Å². The van der Waals surface area contributed by atoms with Gasteiger partial charge in [0.05, 0.1) is 6.33 Å². The van der Waals surface area contributed by atoms with Gasteiger partial charge in [0.15, 0.2) is 16.5 Å². The van der Waals surface area contributed by atoms with Crippen molar-refractivity contribution < 1.29 is 9.90 Å². The van der Waals surface area contributed by atoms with Gasteiger partial charge in [0.2, 0.25) is 4.96 Å². The molecule has 1 aliphatic carbocycles. The summed E-state index contributed by atoms with van der Waals surface area (Å²) in [5.41, 5.74) is 0.387. The van der Waals surface area contributed by atoms with E-state index in [1.807, 2.05) is 0 Å². The van der Waals surface area contributed by atoms with Gasteiger partial charge in [0.1, 0.15) is 5.69 Å². The second kappa shape index (κ2) is 4.62. The molecule has 1 fully saturated rings. The largest absolute Gasteiger partial charge is 0.476 e. The zero-order valence-electron chi connectivity index (χ0n) is 11.0. The highest BCUT2D eigenvalue weighted by molar-refractivity contribution is 7.19. The van der Waals surface area contributed by atoms with Crippen molar-refractivity contribution >= 4 is 22.3 Å². The number of aromatic nitrogens is 6. The summed E-state index contributed by atoms with van der Waals surface area (Å²) in [6, 6.07) is 0. The highest BCUT2D eigenvalue weighted by Crippen LogP contribution is 2.34. The first kappa shape index (κ1) is 12.5. The van der Waals surface area contributed by atoms with Gasteiger partial charge in [0, 0.05) is 5.92 Å². The van der Waals surface area contributed by atoms with Crippen LogP contribution < -0.4 is 0 Å². The van der Waals surface area contributed by atoms with Crippen LogP contribution in [0.4, 0.5) is 0 Å². The highest BCUT2D eigenvalue weighted by atomic mass is 32.1. The van der Waals surface area contributed by atoms with E-state index in [9.17, 15) is 4.79 Å². The molecule has 21 heavy (non-hydrogen) atoms. The van der Waals surface area contributed by atoms with Crippen LogP contribution in [0.25, 0.3) is 15.7 Å². The Hall–Kier alpha value is -2.29. The number of nitrogens with zero attached hydrogens (tertiary/aromatic N) is 5. The number of hydrogen-bond donors (Lipinski definition) is 2. The van der Waals surface area contributed by atoms with Gasteiger partial charge in [-0.2, -0.15) is 9.61 Å². The molecule has 3 aromatic heterocycles. The quantitative estimate of drug-likeness (QED) is 0.765. The fourth-order valence-electron chi connectivity index (χ4n) is 2.79. The van der Waals surface area contributed by atoms with Gasteiger partial charge < -0.3 is 10.1 Å². The molecule has 1 saturated carbocycles. The second-order valence-corrected chi connectivity index (χ2v) is 6.03. The molecule has 3 heterocycles. The Morgan fingerprint density at radius 3 is 2.95 bits per heavy atom. The molecule has 0 saturated heterocycles. The number of aromatic carboxylic acids is 1. The molecule has 1 aliphatic rings. The minimum atomic E-state index is -1.08. The topological polar surface area (TPSA) is 109 Å². The Balaban J connectivity index is 1.80. The maximum Gasteiger partial charge on any atom is 0.356 e. The Kier molecular flexibility index (Phi) is 2.74. The number of imidazole rings is 1. The summed E-state index contributed by atoms with van der Waals surface area (Å²) >= 11 is 1.31. The number of carboxylic acid groups (broad SMARTS) is 1. The maximum absolute atomic E-state index is 11.1. The van der Waals surface area contributed by atoms with Crippen LogP contribution in [0.1, 0.15) is 47.9 Å². The van der Waals surface area contributed by atoms with E-state index in [0.717, 1.165) is 18.7 Å². The maximum atomic E-state index is 11.1. The third-order valence-electron chi connectivity index (χ3n) is 3.79. The van der Waals surface area contributed by atoms with Crippen LogP contribution in [-0.2, 0) is 0 Å². The molecule has 8 nitrogen and oxygen atoms in total. The summed E-state index contributed by atoms with van der Waals surface area (Å²) in [6.07, 6.45) is 6.00. The zero-order chi connectivity index (χ0) is 14.4. The highest BCUT2D eigenvalue weighted by Gasteiger charge is 2.25. The number of nitrogens with one attached hydrogen (secondary N) is 1. The Bertz CT molecular complexity index is 813. The van der Waals surface area contributed by atoms with Crippen molar-refractivity contribution in [2.75, 3.05) is 0 Å². The monoisotopic (exact) mass is 304 g/mol. The molecule has 0 aliphatic heterocycles. The minimum Gasteiger partial charge on any atom is -0.476 e. The van der Waals surface area contributed by atoms with E-state index in [2.05, 4.69) is 25.3 Å². The van der Waals surface area contributed by atoms with Gasteiger partial charge in [-0.15, -0.1) is 10.2 Å². The van der Waals surface area contributed by atoms with E-state index in [1.165, 1.54) is 30.5 Å². The first-order chi connectivity index (χ1) is 10.2. The number of rotatable bonds is 3. The average molecular weight is 304 g/mol. The molecule has 108 valence electrons. The van der Waals surface area contributed by atoms with E-state index in [-0.39, 0.29) is 5.69 Å². The van der Waals surface area contributed by atoms with Crippen molar-refractivity contribution in [2.24, 2.45) is 0 Å². The van der Waals surface area contributed by atoms with Crippen LogP contribution in [0, 0.1) is 0 Å². The molecule has 0 radical (unpaired) electrons. The molecule has 4 rings (SSSR count). The first-order valence-corrected chi connectivity index (χ1v) is 7.55. The van der Waals surface area contributed by atoms with Crippen molar-refractivity contribution in [1.82, 2.24) is 29.8 Å². The molecule has 0 atom stereocenters. The fourth-order valence-corrected chi connectivity index (χ4v) is 3.65. The van der Waals surface area contributed by atoms with Crippen LogP contribution in [-0.4, -0.2) is 40.9 Å². The lowest BCUT2D eigenvalue weighted by Gasteiger charge is -2.03. The molecular weight excluding hydrogens is 292 g/mol. The normalized spacial score (nSPS) is 16.0. The van der Waals surface area contributed by atoms with Gasteiger partial charge in [-0.05, 0) is 12.8 Å². The van der Waals surface area contributed by atoms with Gasteiger partial charge in [-0.3, -0.25) is 0 Å². The average Bonchev–Trinajstić information content (AvgIpc) is 3.21. The van der Waals surface area contributed by atoms with Crippen molar-refractivity contribution in [3.05, 3.63) is 17.8 Å². The number of aromatic amines is 1. The molecule has 0 unspecified atom stereocenters. The molecule has 9 heteroatoms. The minimum absolute atomic E-state index is 0.0256. The number of hydrogen-bond acceptors (Lipinski definition) is 6. The number of fused-ring (bicyclic) bond motifs is 1. The van der Waals surface area contributed by atoms with Crippen LogP contribution in [0.2, 0.25) is 0 Å². The van der Waals surface area contributed by atoms with E-state index in [0.29, 0.717) is 21.6 Å². The SMILES string of the molecule is O=C(O)c1nc[nH]c1-c1nn2c(C3CCCC3)nnc2s1. The van der Waals surface area contributed by atoms with Gasteiger partial charge in [-0.25, -0.2) is 9.78 Å². The summed E-state index contributed by atoms with van der Waals surface area (Å²) in [6.45, 7) is 0. The van der Waals surface area contributed by atoms with E-state index >= 15 is 0 Å². The molecular formula is C12H12N6O2S. The van der Waals surface area contributed by atoms with Crippen molar-refractivity contribution in [1.29, 1.82) is 0 Å². The lowest BCUT2D eigenvalue weighted by atomic mass is 10.1. The second-order valence-electron chi connectivity index (χ2n) is 5.07. The Morgan fingerprint density at radius 2 is 2.19 bits per heavy atom. The fraction of sp³-hybridized carbons (Fsp3) is 0.417. The zero-order valence-corrected chi connectivity index (χ0v) is 11.8. The summed E-state index contributed by atoms with van der Waals surface area (Å²) in [5, 5.41) is 22.6. The van der Waals surface area contributed by atoms with Gasteiger partial charge in [0.25, 0.3) is 0 Å². The molecule has 2 N–H and O–H groups in total. The predicted octanol–water partition coefficient (Wildman–Crippen LogP) is 1.93. The Labute approximate surface area is 122 Å². The number of carbonyl (C=O) groups is 1. The van der Waals surface area contributed by atoms with E-state index in [1.54, 1.807) is 4.52 Å². The summed E-state index contributed by atoms with van der Waals surface area (Å²) in [4.78, 5) is 18.5. The summed E-state index contributed by atoms with van der Waals surface area (Å²) in [5.74, 6) is 0.199. The van der Waals surface area contributed by atoms with Crippen LogP contribution in [0.15, 0.2) is 6.33 Å². The van der Waals surface area contributed by atoms with Crippen LogP contribution in [0.5, 0.6) is 0 Å². The predicted molar refractivity (Wildman–Crippen MR) is 74.4 cm³/mol. The standard InChI is InChI=1S/C12H12N6O2S/c19-11(20)8-7(13-5-14-8)10-17-18-9(6-3-1-2-4-6)15-16-12(18)21-10/h5-6H,1-4H2,(H,13,14)(H,19,20). The van der Waals surface area contributed by atoms with Crippen molar-refractivity contribution in [2.45, 2.75) is 31.6 Å². The van der Waals surface area contributed by atoms with Crippen molar-refractivity contribution in [3.63, 3.8) is 0 Å². The summed E-state index contributed by atoms with van der Waals surface area (Å²) < 4.78 is 1.74. The van der Waals surface area contributed by atoms with Crippen LogP contribution >= 0.6 is 11.3 Å². The number of carboxylic acids is 1. The smallest absolute Gasteiger partial charge is 0.356 e. The number of H-pyrrole nitrogens is 1. The lowest BCUT2D eigenvalue weighted by molar-refractivity contribution is 0.0692. The van der Waals surface area contributed by atoms with Crippen LogP contribution in [0.3, 0.4) is 0 Å². The van der Waals surface area contributed by atoms with Gasteiger partial charge in [-0.1, -0.05) is 24.2 Å². The lowest BCUT2D eigenvalue weighted by Crippen LogP contribution is -2.02.